The molecule has 0 heterocycles. The van der Waals surface area contributed by atoms with E-state index in [-0.39, 0.29) is 43.5 Å². The molecule has 0 bridgehead atoms. The second-order valence-electron chi connectivity index (χ2n) is 5.07. The molecule has 0 radical (unpaired) electrons. The third kappa shape index (κ3) is 31.0. The van der Waals surface area contributed by atoms with Gasteiger partial charge in [-0.2, -0.15) is 0 Å². The third-order valence-electron chi connectivity index (χ3n) is 3.03. The molecule has 0 saturated heterocycles. The molecule has 0 unspecified atom stereocenters. The zero-order valence-electron chi connectivity index (χ0n) is 15.1. The average Bonchev–Trinajstić information content (AvgIpc) is 2.36. The second kappa shape index (κ2) is 24.4. The van der Waals surface area contributed by atoms with E-state index in [9.17, 15) is 4.79 Å². The Hall–Kier alpha value is 0.430. The van der Waals surface area contributed by atoms with E-state index in [1.807, 2.05) is 0 Å². The fourth-order valence-corrected chi connectivity index (χ4v) is 1.96. The predicted octanol–water partition coefficient (Wildman–Crippen LogP) is 1.29. The monoisotopic (exact) mass is 297 g/mol. The Morgan fingerprint density at radius 2 is 1.15 bits per heavy atom. The SMILES string of the molecule is CCCCCCCCCCCCCC(N)=O.CCO.[H-].[Na+]. The van der Waals surface area contributed by atoms with Gasteiger partial charge in [-0.05, 0) is 13.3 Å². The number of rotatable bonds is 12. The first-order chi connectivity index (χ1) is 9.18. The van der Waals surface area contributed by atoms with E-state index in [4.69, 9.17) is 10.8 Å². The molecule has 0 aromatic rings. The van der Waals surface area contributed by atoms with E-state index in [0.717, 1.165) is 6.42 Å². The van der Waals surface area contributed by atoms with Crippen molar-refractivity contribution in [1.82, 2.24) is 0 Å². The summed E-state index contributed by atoms with van der Waals surface area (Å²) in [6.45, 7) is 4.19. The molecule has 0 aliphatic carbocycles. The summed E-state index contributed by atoms with van der Waals surface area (Å²) < 4.78 is 0. The van der Waals surface area contributed by atoms with Gasteiger partial charge in [-0.25, -0.2) is 0 Å². The van der Waals surface area contributed by atoms with Crippen LogP contribution in [0.1, 0.15) is 92.3 Å². The summed E-state index contributed by atoms with van der Waals surface area (Å²) in [7, 11) is 0. The Morgan fingerprint density at radius 3 is 1.45 bits per heavy atom. The number of primary amides is 1. The maximum Gasteiger partial charge on any atom is 1.00 e. The molecule has 1 amide bonds. The number of aliphatic hydroxyl groups excluding tert-OH is 1. The minimum atomic E-state index is -0.157. The fraction of sp³-hybridized carbons (Fsp3) is 0.938. The Kier molecular flexibility index (Phi) is 31.0. The normalized spacial score (nSPS) is 9.35. The molecular weight excluding hydrogens is 261 g/mol. The number of hydrogen-bond donors (Lipinski definition) is 2. The number of carbonyl (C=O) groups is 1. The van der Waals surface area contributed by atoms with Crippen LogP contribution >= 0.6 is 0 Å². The van der Waals surface area contributed by atoms with Gasteiger partial charge >= 0.3 is 29.6 Å². The summed E-state index contributed by atoms with van der Waals surface area (Å²) in [4.78, 5) is 10.5. The van der Waals surface area contributed by atoms with Crippen LogP contribution in [-0.4, -0.2) is 17.6 Å². The van der Waals surface area contributed by atoms with Crippen molar-refractivity contribution in [1.29, 1.82) is 0 Å². The minimum Gasteiger partial charge on any atom is -1.00 e. The van der Waals surface area contributed by atoms with Gasteiger partial charge in [0.2, 0.25) is 5.91 Å². The van der Waals surface area contributed by atoms with Gasteiger partial charge < -0.3 is 12.3 Å². The number of hydrogen-bond acceptors (Lipinski definition) is 2. The largest absolute Gasteiger partial charge is 1.00 e. The van der Waals surface area contributed by atoms with Crippen molar-refractivity contribution in [2.75, 3.05) is 6.61 Å². The summed E-state index contributed by atoms with van der Waals surface area (Å²) >= 11 is 0. The van der Waals surface area contributed by atoms with E-state index in [2.05, 4.69) is 6.92 Å². The number of unbranched alkanes of at least 4 members (excludes halogenated alkanes) is 10. The quantitative estimate of drug-likeness (QED) is 0.421. The Bertz CT molecular complexity index is 184. The average molecular weight is 297 g/mol. The molecule has 0 rings (SSSR count). The Balaban J connectivity index is -0.000000264. The topological polar surface area (TPSA) is 63.3 Å². The van der Waals surface area contributed by atoms with Gasteiger partial charge in [0.25, 0.3) is 0 Å². The number of nitrogens with two attached hydrogens (primary N) is 1. The van der Waals surface area contributed by atoms with Crippen molar-refractivity contribution in [3.8, 4) is 0 Å². The van der Waals surface area contributed by atoms with E-state index in [1.165, 1.54) is 64.2 Å². The first-order valence-corrected chi connectivity index (χ1v) is 8.08. The molecule has 0 aromatic heterocycles. The zero-order chi connectivity index (χ0) is 14.8. The maximum absolute atomic E-state index is 10.5. The number of amides is 1. The van der Waals surface area contributed by atoms with Crippen LogP contribution in [0.5, 0.6) is 0 Å². The molecule has 0 spiro atoms. The fourth-order valence-electron chi connectivity index (χ4n) is 1.96. The van der Waals surface area contributed by atoms with Crippen LogP contribution in [0.3, 0.4) is 0 Å². The standard InChI is InChI=1S/C14H29NO.C2H6O.Na.H/c1-2-3-4-5-6-7-8-9-10-11-12-13-14(15)16;1-2-3;;/h2-13H2,1H3,(H2,15,16);3H,2H2,1H3;;/q;;+1;-1. The van der Waals surface area contributed by atoms with Crippen molar-refractivity contribution in [2.24, 2.45) is 5.73 Å². The van der Waals surface area contributed by atoms with Crippen molar-refractivity contribution < 1.29 is 40.9 Å². The molecule has 0 fully saturated rings. The van der Waals surface area contributed by atoms with E-state index in [1.54, 1.807) is 6.92 Å². The number of carbonyl (C=O) groups excluding carboxylic acids is 1. The summed E-state index contributed by atoms with van der Waals surface area (Å²) in [5.41, 5.74) is 5.07. The summed E-state index contributed by atoms with van der Waals surface area (Å²) in [6.07, 6.45) is 15.0. The van der Waals surface area contributed by atoms with Crippen molar-refractivity contribution >= 4 is 5.91 Å². The summed E-state index contributed by atoms with van der Waals surface area (Å²) in [5.74, 6) is -0.157. The molecule has 0 aromatic carbocycles. The van der Waals surface area contributed by atoms with Crippen LogP contribution in [-0.2, 0) is 4.79 Å². The van der Waals surface area contributed by atoms with E-state index in [0.29, 0.717) is 6.42 Å². The van der Waals surface area contributed by atoms with Crippen molar-refractivity contribution in [3.05, 3.63) is 0 Å². The van der Waals surface area contributed by atoms with Gasteiger partial charge in [-0.3, -0.25) is 4.79 Å². The molecule has 0 atom stereocenters. The van der Waals surface area contributed by atoms with Gasteiger partial charge in [0.1, 0.15) is 0 Å². The third-order valence-corrected chi connectivity index (χ3v) is 3.03. The van der Waals surface area contributed by atoms with Gasteiger partial charge in [0.05, 0.1) is 0 Å². The van der Waals surface area contributed by atoms with Crippen LogP contribution in [0.15, 0.2) is 0 Å². The molecule has 0 saturated carbocycles. The first-order valence-electron chi connectivity index (χ1n) is 8.08. The Labute approximate surface area is 149 Å². The molecule has 0 aliphatic heterocycles. The van der Waals surface area contributed by atoms with Gasteiger partial charge in [-0.1, -0.05) is 71.1 Å². The van der Waals surface area contributed by atoms with Crippen LogP contribution in [0.2, 0.25) is 0 Å². The van der Waals surface area contributed by atoms with Crippen molar-refractivity contribution in [2.45, 2.75) is 90.9 Å². The zero-order valence-corrected chi connectivity index (χ0v) is 16.1. The molecule has 4 heteroatoms. The molecule has 0 aliphatic rings. The van der Waals surface area contributed by atoms with Crippen molar-refractivity contribution in [3.63, 3.8) is 0 Å². The predicted molar refractivity (Wildman–Crippen MR) is 84.1 cm³/mol. The number of aliphatic hydroxyl groups is 1. The second-order valence-corrected chi connectivity index (χ2v) is 5.07. The Morgan fingerprint density at radius 1 is 0.850 bits per heavy atom. The van der Waals surface area contributed by atoms with Gasteiger partial charge in [-0.15, -0.1) is 0 Å². The van der Waals surface area contributed by atoms with Gasteiger partial charge in [0.15, 0.2) is 0 Å². The van der Waals surface area contributed by atoms with E-state index < -0.39 is 0 Å². The van der Waals surface area contributed by atoms with Crippen LogP contribution in [0.4, 0.5) is 0 Å². The molecule has 3 nitrogen and oxygen atoms in total. The summed E-state index contributed by atoms with van der Waals surface area (Å²) in [5, 5.41) is 7.57. The van der Waals surface area contributed by atoms with Gasteiger partial charge in [0, 0.05) is 13.0 Å². The molecule has 118 valence electrons. The smallest absolute Gasteiger partial charge is 1.00 e. The minimum absolute atomic E-state index is 0. The van der Waals surface area contributed by atoms with Crippen LogP contribution < -0.4 is 35.3 Å². The maximum atomic E-state index is 10.5. The summed E-state index contributed by atoms with van der Waals surface area (Å²) in [6, 6.07) is 0. The van der Waals surface area contributed by atoms with Crippen LogP contribution in [0.25, 0.3) is 0 Å². The first kappa shape index (κ1) is 25.4. The molecule has 3 N–H and O–H groups in total. The van der Waals surface area contributed by atoms with Crippen LogP contribution in [0, 0.1) is 0 Å². The molecular formula is C16H36NNaO2. The molecule has 20 heavy (non-hydrogen) atoms. The van der Waals surface area contributed by atoms with E-state index >= 15 is 0 Å².